The molecule has 2 aliphatic rings. The van der Waals surface area contributed by atoms with Gasteiger partial charge in [-0.1, -0.05) is 6.07 Å². The topological polar surface area (TPSA) is 45.7 Å². The van der Waals surface area contributed by atoms with E-state index in [1.807, 2.05) is 19.1 Å². The van der Waals surface area contributed by atoms with Crippen molar-refractivity contribution in [2.75, 3.05) is 31.6 Å². The summed E-state index contributed by atoms with van der Waals surface area (Å²) in [5.74, 6) is 1.22. The summed E-state index contributed by atoms with van der Waals surface area (Å²) in [6.07, 6.45) is 1.98. The summed E-state index contributed by atoms with van der Waals surface area (Å²) >= 11 is 0. The second-order valence-corrected chi connectivity index (χ2v) is 5.79. The molecule has 0 aromatic carbocycles. The second kappa shape index (κ2) is 5.40. The zero-order chi connectivity index (χ0) is 14.1. The first-order chi connectivity index (χ1) is 9.65. The number of pyridine rings is 1. The van der Waals surface area contributed by atoms with Crippen LogP contribution in [0.1, 0.15) is 31.4 Å². The van der Waals surface area contributed by atoms with Crippen LogP contribution in [-0.4, -0.2) is 48.8 Å². The van der Waals surface area contributed by atoms with Gasteiger partial charge in [0, 0.05) is 11.6 Å². The predicted octanol–water partition coefficient (Wildman–Crippen LogP) is 2.24. The van der Waals surface area contributed by atoms with Gasteiger partial charge in [0.15, 0.2) is 0 Å². The summed E-state index contributed by atoms with van der Waals surface area (Å²) in [6, 6.07) is 6.02. The third-order valence-electron chi connectivity index (χ3n) is 4.23. The normalized spacial score (nSPS) is 25.0. The Hall–Kier alpha value is -1.62. The largest absolute Gasteiger partial charge is 0.447 e. The molecule has 2 saturated heterocycles. The molecule has 0 spiro atoms. The van der Waals surface area contributed by atoms with Gasteiger partial charge in [-0.3, -0.25) is 4.90 Å². The van der Waals surface area contributed by atoms with E-state index in [-0.39, 0.29) is 12.1 Å². The van der Waals surface area contributed by atoms with E-state index in [9.17, 15) is 4.79 Å². The molecule has 1 aromatic heterocycles. The zero-order valence-corrected chi connectivity index (χ0v) is 12.1. The highest BCUT2D eigenvalue weighted by Gasteiger charge is 2.32. The molecule has 0 saturated carbocycles. The van der Waals surface area contributed by atoms with Gasteiger partial charge in [0.2, 0.25) is 0 Å². The molecule has 5 heteroatoms. The van der Waals surface area contributed by atoms with Crippen molar-refractivity contribution in [3.63, 3.8) is 0 Å². The van der Waals surface area contributed by atoms with Crippen molar-refractivity contribution in [2.45, 2.75) is 31.7 Å². The minimum absolute atomic E-state index is 0.0581. The Morgan fingerprint density at radius 3 is 2.70 bits per heavy atom. The monoisotopic (exact) mass is 275 g/mol. The number of hydrogen-bond acceptors (Lipinski definition) is 4. The lowest BCUT2D eigenvalue weighted by molar-refractivity contribution is 0.179. The molecule has 0 radical (unpaired) electrons. The van der Waals surface area contributed by atoms with Crippen LogP contribution in [0.25, 0.3) is 0 Å². The highest BCUT2D eigenvalue weighted by molar-refractivity contribution is 5.88. The number of ether oxygens (including phenoxy) is 1. The maximum atomic E-state index is 11.8. The van der Waals surface area contributed by atoms with E-state index >= 15 is 0 Å². The van der Waals surface area contributed by atoms with Gasteiger partial charge in [0.05, 0.1) is 6.04 Å². The smallest absolute Gasteiger partial charge is 0.415 e. The Kier molecular flexibility index (Phi) is 3.61. The van der Waals surface area contributed by atoms with Gasteiger partial charge in [0.1, 0.15) is 12.4 Å². The van der Waals surface area contributed by atoms with Crippen LogP contribution in [0.4, 0.5) is 10.6 Å². The molecular weight excluding hydrogens is 254 g/mol. The molecule has 1 unspecified atom stereocenters. The third kappa shape index (κ3) is 2.50. The zero-order valence-electron chi connectivity index (χ0n) is 12.1. The fourth-order valence-electron chi connectivity index (χ4n) is 2.94. The molecule has 3 heterocycles. The quantitative estimate of drug-likeness (QED) is 0.830. The third-order valence-corrected chi connectivity index (χ3v) is 4.23. The van der Waals surface area contributed by atoms with Crippen molar-refractivity contribution >= 4 is 11.9 Å². The minimum atomic E-state index is -0.287. The number of anilines is 1. The molecule has 1 atom stereocenters. The Morgan fingerprint density at radius 2 is 2.05 bits per heavy atom. The van der Waals surface area contributed by atoms with Crippen LogP contribution >= 0.6 is 0 Å². The first-order valence-corrected chi connectivity index (χ1v) is 7.26. The summed E-state index contributed by atoms with van der Waals surface area (Å²) in [4.78, 5) is 20.5. The lowest BCUT2D eigenvalue weighted by Crippen LogP contribution is -2.32. The molecule has 2 aliphatic heterocycles. The van der Waals surface area contributed by atoms with E-state index in [4.69, 9.17) is 9.72 Å². The molecule has 0 aliphatic carbocycles. The number of amides is 1. The molecule has 1 aromatic rings. The fourth-order valence-corrected chi connectivity index (χ4v) is 2.94. The molecule has 20 heavy (non-hydrogen) atoms. The minimum Gasteiger partial charge on any atom is -0.447 e. The van der Waals surface area contributed by atoms with Gasteiger partial charge >= 0.3 is 6.09 Å². The number of likely N-dealkylation sites (tertiary alicyclic amines) is 1. The summed E-state index contributed by atoms with van der Waals surface area (Å²) in [5, 5.41) is 0. The van der Waals surface area contributed by atoms with Crippen LogP contribution in [0.15, 0.2) is 18.2 Å². The summed E-state index contributed by atoms with van der Waals surface area (Å²) in [7, 11) is 2.15. The van der Waals surface area contributed by atoms with E-state index in [2.05, 4.69) is 18.0 Å². The molecule has 5 nitrogen and oxygen atoms in total. The maximum Gasteiger partial charge on any atom is 0.415 e. The molecule has 0 N–H and O–H groups in total. The van der Waals surface area contributed by atoms with Crippen molar-refractivity contribution in [1.29, 1.82) is 0 Å². The lowest BCUT2D eigenvalue weighted by Gasteiger charge is -2.29. The van der Waals surface area contributed by atoms with E-state index < -0.39 is 0 Å². The summed E-state index contributed by atoms with van der Waals surface area (Å²) < 4.78 is 5.07. The van der Waals surface area contributed by atoms with Crippen molar-refractivity contribution in [3.05, 3.63) is 23.9 Å². The molecule has 1 amide bonds. The highest BCUT2D eigenvalue weighted by Crippen LogP contribution is 2.28. The SMILES string of the molecule is CC1COC(=O)N1c1cccc(C2CCN(C)CC2)n1. The fraction of sp³-hybridized carbons (Fsp3) is 0.600. The van der Waals surface area contributed by atoms with Gasteiger partial charge < -0.3 is 9.64 Å². The molecule has 2 fully saturated rings. The number of carbonyl (C=O) groups excluding carboxylic acids is 1. The van der Waals surface area contributed by atoms with E-state index in [0.29, 0.717) is 12.5 Å². The van der Waals surface area contributed by atoms with E-state index in [0.717, 1.165) is 37.4 Å². The van der Waals surface area contributed by atoms with Gasteiger partial charge in [-0.2, -0.15) is 0 Å². The van der Waals surface area contributed by atoms with Crippen molar-refractivity contribution < 1.29 is 9.53 Å². The molecular formula is C15H21N3O2. The van der Waals surface area contributed by atoms with Crippen LogP contribution in [0.3, 0.4) is 0 Å². The first kappa shape index (κ1) is 13.4. The molecule has 108 valence electrons. The van der Waals surface area contributed by atoms with Gasteiger partial charge in [-0.25, -0.2) is 9.78 Å². The second-order valence-electron chi connectivity index (χ2n) is 5.79. The van der Waals surface area contributed by atoms with Crippen LogP contribution in [-0.2, 0) is 4.74 Å². The number of piperidine rings is 1. The summed E-state index contributed by atoms with van der Waals surface area (Å²) in [5.41, 5.74) is 1.10. The molecule has 3 rings (SSSR count). The number of cyclic esters (lactones) is 1. The Labute approximate surface area is 119 Å². The Morgan fingerprint density at radius 1 is 1.30 bits per heavy atom. The van der Waals surface area contributed by atoms with Crippen molar-refractivity contribution in [3.8, 4) is 0 Å². The van der Waals surface area contributed by atoms with Crippen LogP contribution < -0.4 is 4.90 Å². The average molecular weight is 275 g/mol. The maximum absolute atomic E-state index is 11.8. The molecule has 0 bridgehead atoms. The van der Waals surface area contributed by atoms with Gasteiger partial charge in [-0.15, -0.1) is 0 Å². The first-order valence-electron chi connectivity index (χ1n) is 7.26. The van der Waals surface area contributed by atoms with E-state index in [1.165, 1.54) is 0 Å². The van der Waals surface area contributed by atoms with Crippen LogP contribution in [0, 0.1) is 0 Å². The lowest BCUT2D eigenvalue weighted by atomic mass is 9.93. The predicted molar refractivity (Wildman–Crippen MR) is 77.0 cm³/mol. The average Bonchev–Trinajstić information content (AvgIpc) is 2.79. The highest BCUT2D eigenvalue weighted by atomic mass is 16.6. The van der Waals surface area contributed by atoms with Crippen molar-refractivity contribution in [2.24, 2.45) is 0 Å². The Balaban J connectivity index is 1.81. The number of carbonyl (C=O) groups is 1. The Bertz CT molecular complexity index is 498. The van der Waals surface area contributed by atoms with Gasteiger partial charge in [0.25, 0.3) is 0 Å². The standard InChI is InChI=1S/C15H21N3O2/c1-11-10-20-15(19)18(11)14-5-3-4-13(16-14)12-6-8-17(2)9-7-12/h3-5,11-12H,6-10H2,1-2H3. The van der Waals surface area contributed by atoms with E-state index in [1.54, 1.807) is 4.90 Å². The van der Waals surface area contributed by atoms with Crippen LogP contribution in [0.5, 0.6) is 0 Å². The van der Waals surface area contributed by atoms with Crippen molar-refractivity contribution in [1.82, 2.24) is 9.88 Å². The number of aromatic nitrogens is 1. The number of rotatable bonds is 2. The number of nitrogens with zero attached hydrogens (tertiary/aromatic N) is 3. The van der Waals surface area contributed by atoms with Crippen LogP contribution in [0.2, 0.25) is 0 Å². The summed E-state index contributed by atoms with van der Waals surface area (Å²) in [6.45, 7) is 4.64. The number of hydrogen-bond donors (Lipinski definition) is 0. The van der Waals surface area contributed by atoms with Gasteiger partial charge in [-0.05, 0) is 52.0 Å².